The number of halogens is 1. The van der Waals surface area contributed by atoms with E-state index in [0.29, 0.717) is 19.0 Å². The molecule has 5 nitrogen and oxygen atoms in total. The first-order chi connectivity index (χ1) is 15.5. The fourth-order valence-corrected chi connectivity index (χ4v) is 5.94. The Kier molecular flexibility index (Phi) is 7.57. The van der Waals surface area contributed by atoms with Gasteiger partial charge in [-0.3, -0.25) is 0 Å². The Bertz CT molecular complexity index is 1110. The predicted octanol–water partition coefficient (Wildman–Crippen LogP) is 4.88. The number of hydrogen-bond acceptors (Lipinski definition) is 5. The molecular formula is C24H26FNO4S2. The Morgan fingerprint density at radius 2 is 2.00 bits per heavy atom. The molecule has 1 atom stereocenters. The van der Waals surface area contributed by atoms with E-state index in [2.05, 4.69) is 11.4 Å². The van der Waals surface area contributed by atoms with Crippen molar-refractivity contribution in [3.8, 4) is 5.75 Å². The fourth-order valence-electron chi connectivity index (χ4n) is 3.72. The Morgan fingerprint density at radius 1 is 1.12 bits per heavy atom. The van der Waals surface area contributed by atoms with E-state index in [-0.39, 0.29) is 24.1 Å². The van der Waals surface area contributed by atoms with Gasteiger partial charge in [0.1, 0.15) is 16.5 Å². The first-order valence-electron chi connectivity index (χ1n) is 10.6. The van der Waals surface area contributed by atoms with E-state index < -0.39 is 15.8 Å². The molecule has 1 aliphatic heterocycles. The summed E-state index contributed by atoms with van der Waals surface area (Å²) in [6.45, 7) is 1.44. The molecule has 1 aliphatic rings. The van der Waals surface area contributed by atoms with Gasteiger partial charge in [-0.05, 0) is 65.1 Å². The molecule has 0 amide bonds. The molecule has 0 N–H and O–H groups in total. The van der Waals surface area contributed by atoms with Crippen LogP contribution in [0.15, 0.2) is 70.3 Å². The van der Waals surface area contributed by atoms with Crippen LogP contribution in [0.5, 0.6) is 5.75 Å². The zero-order valence-electron chi connectivity index (χ0n) is 17.7. The SMILES string of the molecule is O=S(=O)(c1ccccc1F)N(Cc1cccc(OCCc2ccsc2)c1)C[C@@H]1CCCO1. The van der Waals surface area contributed by atoms with Gasteiger partial charge in [0, 0.05) is 26.1 Å². The first kappa shape index (κ1) is 22.9. The first-order valence-corrected chi connectivity index (χ1v) is 13.0. The van der Waals surface area contributed by atoms with Crippen molar-refractivity contribution < 1.29 is 22.3 Å². The molecule has 2 aromatic carbocycles. The molecule has 1 fully saturated rings. The van der Waals surface area contributed by atoms with Gasteiger partial charge in [-0.25, -0.2) is 12.8 Å². The smallest absolute Gasteiger partial charge is 0.246 e. The number of rotatable bonds is 10. The molecule has 0 unspecified atom stereocenters. The summed E-state index contributed by atoms with van der Waals surface area (Å²) in [4.78, 5) is -0.318. The maximum absolute atomic E-state index is 14.4. The minimum atomic E-state index is -4.04. The zero-order valence-corrected chi connectivity index (χ0v) is 19.3. The van der Waals surface area contributed by atoms with Gasteiger partial charge in [-0.15, -0.1) is 0 Å². The number of nitrogens with zero attached hydrogens (tertiary/aromatic N) is 1. The van der Waals surface area contributed by atoms with Gasteiger partial charge in [0.2, 0.25) is 10.0 Å². The van der Waals surface area contributed by atoms with Gasteiger partial charge in [0.05, 0.1) is 12.7 Å². The maximum atomic E-state index is 14.4. The van der Waals surface area contributed by atoms with E-state index in [9.17, 15) is 12.8 Å². The highest BCUT2D eigenvalue weighted by atomic mass is 32.2. The summed E-state index contributed by atoms with van der Waals surface area (Å²) in [5.74, 6) is -0.0755. The van der Waals surface area contributed by atoms with Gasteiger partial charge >= 0.3 is 0 Å². The molecule has 0 saturated carbocycles. The molecule has 2 heterocycles. The molecule has 3 aromatic rings. The lowest BCUT2D eigenvalue weighted by Crippen LogP contribution is -2.37. The molecule has 0 aliphatic carbocycles. The van der Waals surface area contributed by atoms with Crippen LogP contribution >= 0.6 is 11.3 Å². The van der Waals surface area contributed by atoms with Crippen molar-refractivity contribution in [3.63, 3.8) is 0 Å². The Morgan fingerprint density at radius 3 is 2.75 bits per heavy atom. The second kappa shape index (κ2) is 10.6. The Labute approximate surface area is 192 Å². The van der Waals surface area contributed by atoms with E-state index >= 15 is 0 Å². The van der Waals surface area contributed by atoms with Crippen molar-refractivity contribution in [2.45, 2.75) is 36.8 Å². The van der Waals surface area contributed by atoms with E-state index in [1.165, 1.54) is 34.1 Å². The largest absolute Gasteiger partial charge is 0.493 e. The van der Waals surface area contributed by atoms with Gasteiger partial charge < -0.3 is 9.47 Å². The normalized spacial score (nSPS) is 16.5. The van der Waals surface area contributed by atoms with Crippen LogP contribution in [0.4, 0.5) is 4.39 Å². The van der Waals surface area contributed by atoms with Gasteiger partial charge in [0.25, 0.3) is 0 Å². The predicted molar refractivity (Wildman–Crippen MR) is 123 cm³/mol. The second-order valence-electron chi connectivity index (χ2n) is 7.74. The molecule has 8 heteroatoms. The van der Waals surface area contributed by atoms with Crippen LogP contribution in [0.3, 0.4) is 0 Å². The molecule has 0 spiro atoms. The molecule has 170 valence electrons. The lowest BCUT2D eigenvalue weighted by atomic mass is 10.2. The number of ether oxygens (including phenoxy) is 2. The molecular weight excluding hydrogens is 449 g/mol. The number of thiophene rings is 1. The number of sulfonamides is 1. The van der Waals surface area contributed by atoms with Crippen LogP contribution < -0.4 is 4.74 Å². The third-order valence-electron chi connectivity index (χ3n) is 5.38. The van der Waals surface area contributed by atoms with Crippen molar-refractivity contribution in [2.75, 3.05) is 19.8 Å². The summed E-state index contributed by atoms with van der Waals surface area (Å²) < 4.78 is 53.9. The minimum Gasteiger partial charge on any atom is -0.493 e. The summed E-state index contributed by atoms with van der Waals surface area (Å²) in [6, 6.07) is 14.9. The van der Waals surface area contributed by atoms with Crippen LogP contribution in [0.2, 0.25) is 0 Å². The van der Waals surface area contributed by atoms with Crippen LogP contribution in [0.1, 0.15) is 24.0 Å². The Hall–Kier alpha value is -2.26. The highest BCUT2D eigenvalue weighted by Crippen LogP contribution is 2.25. The summed E-state index contributed by atoms with van der Waals surface area (Å²) in [5.41, 5.74) is 2.00. The summed E-state index contributed by atoms with van der Waals surface area (Å²) in [6.07, 6.45) is 2.29. The minimum absolute atomic E-state index is 0.109. The monoisotopic (exact) mass is 475 g/mol. The maximum Gasteiger partial charge on any atom is 0.246 e. The molecule has 1 aromatic heterocycles. The highest BCUT2D eigenvalue weighted by molar-refractivity contribution is 7.89. The topological polar surface area (TPSA) is 55.8 Å². The Balaban J connectivity index is 1.51. The number of benzene rings is 2. The standard InChI is InChI=1S/C24H26FNO4S2/c25-23-8-1-2-9-24(23)32(27,28)26(17-22-7-4-12-29-22)16-20-5-3-6-21(15-20)30-13-10-19-11-14-31-18-19/h1-3,5-6,8-9,11,14-15,18,22H,4,7,10,12-13,16-17H2/t22-/m0/s1. The van der Waals surface area contributed by atoms with Gasteiger partial charge in [-0.2, -0.15) is 15.6 Å². The molecule has 1 saturated heterocycles. The molecule has 0 radical (unpaired) electrons. The van der Waals surface area contributed by atoms with Gasteiger partial charge in [-0.1, -0.05) is 24.3 Å². The van der Waals surface area contributed by atoms with Crippen LogP contribution in [0, 0.1) is 5.82 Å². The summed E-state index contributed by atoms with van der Waals surface area (Å²) in [7, 11) is -4.04. The second-order valence-corrected chi connectivity index (χ2v) is 10.4. The van der Waals surface area contributed by atoms with Crippen molar-refractivity contribution in [1.82, 2.24) is 4.31 Å². The van der Waals surface area contributed by atoms with Crippen molar-refractivity contribution >= 4 is 21.4 Å². The fraction of sp³-hybridized carbons (Fsp3) is 0.333. The molecule has 32 heavy (non-hydrogen) atoms. The third kappa shape index (κ3) is 5.75. The van der Waals surface area contributed by atoms with Crippen LogP contribution in [-0.4, -0.2) is 38.6 Å². The summed E-state index contributed by atoms with van der Waals surface area (Å²) >= 11 is 1.65. The van der Waals surface area contributed by atoms with E-state index in [1.807, 2.05) is 29.6 Å². The average molecular weight is 476 g/mol. The molecule has 4 rings (SSSR count). The summed E-state index contributed by atoms with van der Waals surface area (Å²) in [5, 5.41) is 4.13. The van der Waals surface area contributed by atoms with Crippen LogP contribution in [-0.2, 0) is 27.7 Å². The van der Waals surface area contributed by atoms with E-state index in [1.54, 1.807) is 11.3 Å². The van der Waals surface area contributed by atoms with Crippen molar-refractivity contribution in [3.05, 3.63) is 82.3 Å². The van der Waals surface area contributed by atoms with E-state index in [0.717, 1.165) is 24.8 Å². The van der Waals surface area contributed by atoms with Crippen LogP contribution in [0.25, 0.3) is 0 Å². The molecule has 0 bridgehead atoms. The van der Waals surface area contributed by atoms with Gasteiger partial charge in [0.15, 0.2) is 0 Å². The van der Waals surface area contributed by atoms with Crippen molar-refractivity contribution in [1.29, 1.82) is 0 Å². The average Bonchev–Trinajstić information content (AvgIpc) is 3.48. The number of hydrogen-bond donors (Lipinski definition) is 0. The highest BCUT2D eigenvalue weighted by Gasteiger charge is 2.31. The third-order valence-corrected chi connectivity index (χ3v) is 7.96. The lowest BCUT2D eigenvalue weighted by molar-refractivity contribution is 0.0925. The van der Waals surface area contributed by atoms with Crippen molar-refractivity contribution in [2.24, 2.45) is 0 Å². The quantitative estimate of drug-likeness (QED) is 0.419. The van der Waals surface area contributed by atoms with E-state index in [4.69, 9.17) is 9.47 Å². The lowest BCUT2D eigenvalue weighted by Gasteiger charge is -2.25. The zero-order chi connectivity index (χ0) is 22.4.